The first-order valence-electron chi connectivity index (χ1n) is 7.42. The second-order valence-corrected chi connectivity index (χ2v) is 13.0. The van der Waals surface area contributed by atoms with Gasteiger partial charge in [0.1, 0.15) is 0 Å². The van der Waals surface area contributed by atoms with Crippen molar-refractivity contribution in [2.24, 2.45) is 10.8 Å². The quantitative estimate of drug-likeness (QED) is 0.611. The Morgan fingerprint density at radius 2 is 1.76 bits per heavy atom. The molecule has 17 heavy (non-hydrogen) atoms. The van der Waals surface area contributed by atoms with Gasteiger partial charge in [0.15, 0.2) is 0 Å². The van der Waals surface area contributed by atoms with Gasteiger partial charge in [-0.3, -0.25) is 0 Å². The average Bonchev–Trinajstić information content (AvgIpc) is 2.73. The lowest BCUT2D eigenvalue weighted by Gasteiger charge is -2.69. The maximum absolute atomic E-state index is 2.51. The van der Waals surface area contributed by atoms with E-state index in [1.807, 2.05) is 0 Å². The molecule has 0 amide bonds. The van der Waals surface area contributed by atoms with Crippen LogP contribution in [0.25, 0.3) is 0 Å². The summed E-state index contributed by atoms with van der Waals surface area (Å²) < 4.78 is 0.840. The zero-order chi connectivity index (χ0) is 12.7. The van der Waals surface area contributed by atoms with Crippen molar-refractivity contribution >= 4 is 10.0 Å². The van der Waals surface area contributed by atoms with E-state index in [-0.39, 0.29) is 10.0 Å². The predicted octanol–water partition coefficient (Wildman–Crippen LogP) is 4.96. The van der Waals surface area contributed by atoms with E-state index in [0.29, 0.717) is 10.8 Å². The molecule has 3 heterocycles. The monoisotopic (exact) mass is 254 g/mol. The molecule has 3 aliphatic rings. The molecule has 0 nitrogen and oxygen atoms in total. The number of hydrogen-bond donors (Lipinski definition) is 0. The van der Waals surface area contributed by atoms with E-state index in [1.54, 1.807) is 25.0 Å². The number of rotatable bonds is 2. The molecule has 3 fully saturated rings. The number of hydrogen-bond acceptors (Lipinski definition) is 0. The Morgan fingerprint density at radius 3 is 2.12 bits per heavy atom. The molecular formula is C16H30S. The summed E-state index contributed by atoms with van der Waals surface area (Å²) in [6.45, 7) is 14.7. The Hall–Kier alpha value is 0.350. The van der Waals surface area contributed by atoms with Crippen LogP contribution in [0.2, 0.25) is 0 Å². The van der Waals surface area contributed by atoms with Crippen molar-refractivity contribution in [1.82, 2.24) is 0 Å². The van der Waals surface area contributed by atoms with Gasteiger partial charge in [-0.1, -0.05) is 41.5 Å². The van der Waals surface area contributed by atoms with Crippen LogP contribution in [-0.4, -0.2) is 21.0 Å². The van der Waals surface area contributed by atoms with Gasteiger partial charge >= 0.3 is 0 Å². The molecule has 1 heteroatoms. The van der Waals surface area contributed by atoms with Gasteiger partial charge < -0.3 is 0 Å². The van der Waals surface area contributed by atoms with E-state index < -0.39 is 0 Å². The molecule has 0 aromatic rings. The lowest BCUT2D eigenvalue weighted by molar-refractivity contribution is 0.226. The van der Waals surface area contributed by atoms with E-state index in [4.69, 9.17) is 0 Å². The SMILES string of the molecule is CC(C)(C)CCC1C2CC3(C(C)(C)C)CCS123. The summed E-state index contributed by atoms with van der Waals surface area (Å²) in [5.41, 5.74) is 1.14. The molecule has 3 aliphatic heterocycles. The molecule has 4 atom stereocenters. The molecule has 1 spiro atoms. The van der Waals surface area contributed by atoms with Gasteiger partial charge in [-0.15, -0.1) is 0 Å². The molecule has 3 saturated heterocycles. The predicted molar refractivity (Wildman–Crippen MR) is 80.1 cm³/mol. The van der Waals surface area contributed by atoms with Crippen LogP contribution in [0.3, 0.4) is 0 Å². The molecule has 100 valence electrons. The van der Waals surface area contributed by atoms with Crippen molar-refractivity contribution in [3.05, 3.63) is 0 Å². The average molecular weight is 254 g/mol. The van der Waals surface area contributed by atoms with E-state index in [2.05, 4.69) is 41.5 Å². The van der Waals surface area contributed by atoms with Crippen molar-refractivity contribution in [2.45, 2.75) is 82.5 Å². The summed E-state index contributed by atoms with van der Waals surface area (Å²) in [6.07, 6.45) is 6.15. The Labute approximate surface area is 109 Å². The normalized spacial score (nSPS) is 51.4. The Bertz CT molecular complexity index is 346. The van der Waals surface area contributed by atoms with Crippen molar-refractivity contribution in [1.29, 1.82) is 0 Å². The van der Waals surface area contributed by atoms with Gasteiger partial charge in [-0.25, -0.2) is 10.0 Å². The van der Waals surface area contributed by atoms with E-state index in [1.165, 1.54) is 16.9 Å². The third kappa shape index (κ3) is 1.33. The lowest BCUT2D eigenvalue weighted by Crippen LogP contribution is -2.58. The highest BCUT2D eigenvalue weighted by atomic mass is 32.3. The largest absolute Gasteiger partial charge is 0.227 e. The molecule has 0 N–H and O–H groups in total. The standard InChI is InChI=1S/C16H30S/c1-14(2,3)8-7-12-13-11-16(15(4,5)6)9-10-17(12,13)16/h12-13H,7-11H2,1-6H3. The van der Waals surface area contributed by atoms with Gasteiger partial charge in [0.25, 0.3) is 0 Å². The Kier molecular flexibility index (Phi) is 2.25. The summed E-state index contributed by atoms with van der Waals surface area (Å²) in [7, 11) is -0.0955. The van der Waals surface area contributed by atoms with Crippen LogP contribution in [0.4, 0.5) is 0 Å². The topological polar surface area (TPSA) is 0 Å². The molecule has 0 aliphatic carbocycles. The van der Waals surface area contributed by atoms with Crippen molar-refractivity contribution in [3.8, 4) is 0 Å². The molecule has 0 aromatic carbocycles. The van der Waals surface area contributed by atoms with Crippen LogP contribution < -0.4 is 0 Å². The maximum atomic E-state index is 2.51. The molecule has 3 rings (SSSR count). The molecular weight excluding hydrogens is 224 g/mol. The lowest BCUT2D eigenvalue weighted by atomic mass is 9.74. The summed E-state index contributed by atoms with van der Waals surface area (Å²) in [4.78, 5) is 0. The Balaban J connectivity index is 1.68. The zero-order valence-electron chi connectivity index (χ0n) is 12.6. The minimum Gasteiger partial charge on any atom is -0.227 e. The first kappa shape index (κ1) is 12.4. The molecule has 0 saturated carbocycles. The fraction of sp³-hybridized carbons (Fsp3) is 1.00. The molecule has 0 radical (unpaired) electrons. The summed E-state index contributed by atoms with van der Waals surface area (Å²) >= 11 is 0. The zero-order valence-corrected chi connectivity index (χ0v) is 13.4. The van der Waals surface area contributed by atoms with Gasteiger partial charge in [-0.2, -0.15) is 0 Å². The van der Waals surface area contributed by atoms with E-state index in [0.717, 1.165) is 4.75 Å². The third-order valence-electron chi connectivity index (χ3n) is 6.07. The second kappa shape index (κ2) is 3.08. The highest BCUT2D eigenvalue weighted by Gasteiger charge is 2.84. The fourth-order valence-corrected chi connectivity index (χ4v) is 11.9. The van der Waals surface area contributed by atoms with Crippen LogP contribution in [0.1, 0.15) is 67.2 Å². The van der Waals surface area contributed by atoms with Crippen molar-refractivity contribution in [2.75, 3.05) is 5.75 Å². The second-order valence-electron chi connectivity index (χ2n) is 8.93. The van der Waals surface area contributed by atoms with Gasteiger partial charge in [0, 0.05) is 15.2 Å². The molecule has 4 unspecified atom stereocenters. The van der Waals surface area contributed by atoms with Gasteiger partial charge in [0.2, 0.25) is 0 Å². The smallest absolute Gasteiger partial charge is 0.00742 e. The van der Waals surface area contributed by atoms with Crippen LogP contribution in [0.5, 0.6) is 0 Å². The van der Waals surface area contributed by atoms with Crippen LogP contribution >= 0.6 is 10.0 Å². The maximum Gasteiger partial charge on any atom is 0.00742 e. The highest BCUT2D eigenvalue weighted by Crippen LogP contribution is 3.01. The highest BCUT2D eigenvalue weighted by molar-refractivity contribution is 8.44. The summed E-state index contributed by atoms with van der Waals surface area (Å²) in [5.74, 6) is 1.64. The first-order valence-corrected chi connectivity index (χ1v) is 9.35. The van der Waals surface area contributed by atoms with Crippen molar-refractivity contribution < 1.29 is 0 Å². The molecule has 0 bridgehead atoms. The van der Waals surface area contributed by atoms with E-state index >= 15 is 0 Å². The fourth-order valence-electron chi connectivity index (χ4n) is 4.93. The first-order chi connectivity index (χ1) is 7.64. The Morgan fingerprint density at radius 1 is 1.12 bits per heavy atom. The molecule has 0 aromatic heterocycles. The minimum absolute atomic E-state index is 0.0955. The van der Waals surface area contributed by atoms with Crippen LogP contribution in [-0.2, 0) is 0 Å². The summed E-state index contributed by atoms with van der Waals surface area (Å²) in [6, 6.07) is 0. The van der Waals surface area contributed by atoms with Crippen LogP contribution in [0, 0.1) is 10.8 Å². The minimum atomic E-state index is -0.0955. The van der Waals surface area contributed by atoms with Gasteiger partial charge in [0.05, 0.1) is 0 Å². The summed E-state index contributed by atoms with van der Waals surface area (Å²) in [5, 5.41) is 2.41. The van der Waals surface area contributed by atoms with E-state index in [9.17, 15) is 0 Å². The van der Waals surface area contributed by atoms with Crippen molar-refractivity contribution in [3.63, 3.8) is 0 Å². The third-order valence-corrected chi connectivity index (χ3v) is 12.3. The van der Waals surface area contributed by atoms with Crippen LogP contribution in [0.15, 0.2) is 0 Å². The van der Waals surface area contributed by atoms with Gasteiger partial charge in [-0.05, 0) is 42.3 Å².